The predicted molar refractivity (Wildman–Crippen MR) is 115 cm³/mol. The van der Waals surface area contributed by atoms with Gasteiger partial charge in [-0.25, -0.2) is 0 Å². The summed E-state index contributed by atoms with van der Waals surface area (Å²) in [5, 5.41) is 9.55. The molecular formula is C22H25N5OS. The summed E-state index contributed by atoms with van der Waals surface area (Å²) in [6.45, 7) is 3.87. The Morgan fingerprint density at radius 2 is 1.86 bits per heavy atom. The number of hydrogen-bond donors (Lipinski definition) is 0. The average molecular weight is 408 g/mol. The molecule has 6 nitrogen and oxygen atoms in total. The van der Waals surface area contributed by atoms with Crippen molar-refractivity contribution in [2.24, 2.45) is 0 Å². The summed E-state index contributed by atoms with van der Waals surface area (Å²) in [5.41, 5.74) is 3.16. The standard InChI is InChI=1S/C22H25N5OS/c1-2-17-8-10-19(11-9-17)27-21(18-7-6-12-23-15-18)24-25-22(27)29-16-20(28)26-13-4-3-5-14-26/h6-12,15H,2-5,13-14,16H2,1H3. The number of carbonyl (C=O) groups is 1. The van der Waals surface area contributed by atoms with Gasteiger partial charge in [-0.2, -0.15) is 0 Å². The number of carbonyl (C=O) groups excluding carboxylic acids is 1. The van der Waals surface area contributed by atoms with Crippen LogP contribution in [0.15, 0.2) is 53.9 Å². The monoisotopic (exact) mass is 407 g/mol. The van der Waals surface area contributed by atoms with E-state index in [1.165, 1.54) is 23.7 Å². The number of benzene rings is 1. The van der Waals surface area contributed by atoms with E-state index in [1.807, 2.05) is 21.6 Å². The van der Waals surface area contributed by atoms with Gasteiger partial charge in [0.2, 0.25) is 5.91 Å². The third-order valence-corrected chi connectivity index (χ3v) is 6.10. The van der Waals surface area contributed by atoms with Crippen LogP contribution in [-0.2, 0) is 11.2 Å². The Labute approximate surface area is 175 Å². The smallest absolute Gasteiger partial charge is 0.233 e. The van der Waals surface area contributed by atoms with Gasteiger partial charge >= 0.3 is 0 Å². The zero-order chi connectivity index (χ0) is 20.1. The Hall–Kier alpha value is -2.67. The zero-order valence-corrected chi connectivity index (χ0v) is 17.4. The Balaban J connectivity index is 1.62. The van der Waals surface area contributed by atoms with E-state index in [2.05, 4.69) is 46.4 Å². The van der Waals surface area contributed by atoms with Crippen LogP contribution in [0.4, 0.5) is 0 Å². The van der Waals surface area contributed by atoms with Crippen molar-refractivity contribution in [3.05, 3.63) is 54.4 Å². The van der Waals surface area contributed by atoms with Gasteiger partial charge in [0.15, 0.2) is 11.0 Å². The molecule has 1 saturated heterocycles. The molecule has 0 radical (unpaired) electrons. The van der Waals surface area contributed by atoms with Crippen molar-refractivity contribution in [3.8, 4) is 17.1 Å². The van der Waals surface area contributed by atoms with E-state index < -0.39 is 0 Å². The normalized spacial score (nSPS) is 14.2. The highest BCUT2D eigenvalue weighted by atomic mass is 32.2. The predicted octanol–water partition coefficient (Wildman–Crippen LogP) is 4.00. The number of aryl methyl sites for hydroxylation is 1. The lowest BCUT2D eigenvalue weighted by Crippen LogP contribution is -2.36. The SMILES string of the molecule is CCc1ccc(-n2c(SCC(=O)N3CCCCC3)nnc2-c2cccnc2)cc1. The highest BCUT2D eigenvalue weighted by Gasteiger charge is 2.20. The Morgan fingerprint density at radius 1 is 1.07 bits per heavy atom. The quantitative estimate of drug-likeness (QED) is 0.578. The molecule has 3 aromatic rings. The number of thioether (sulfide) groups is 1. The molecule has 0 saturated carbocycles. The number of rotatable bonds is 6. The van der Waals surface area contributed by atoms with Crippen molar-refractivity contribution in [3.63, 3.8) is 0 Å². The summed E-state index contributed by atoms with van der Waals surface area (Å²) in [5.74, 6) is 1.28. The molecule has 1 aliphatic heterocycles. The highest BCUT2D eigenvalue weighted by molar-refractivity contribution is 7.99. The van der Waals surface area contributed by atoms with Gasteiger partial charge in [0.25, 0.3) is 0 Å². The van der Waals surface area contributed by atoms with Crippen LogP contribution in [-0.4, -0.2) is 49.4 Å². The van der Waals surface area contributed by atoms with E-state index >= 15 is 0 Å². The van der Waals surface area contributed by atoms with Gasteiger partial charge in [-0.15, -0.1) is 10.2 Å². The lowest BCUT2D eigenvalue weighted by atomic mass is 10.1. The van der Waals surface area contributed by atoms with E-state index in [-0.39, 0.29) is 5.91 Å². The van der Waals surface area contributed by atoms with Crippen LogP contribution in [0.3, 0.4) is 0 Å². The van der Waals surface area contributed by atoms with Gasteiger partial charge in [-0.1, -0.05) is 30.8 Å². The molecule has 0 N–H and O–H groups in total. The fourth-order valence-electron chi connectivity index (χ4n) is 3.52. The maximum absolute atomic E-state index is 12.6. The van der Waals surface area contributed by atoms with E-state index in [4.69, 9.17) is 0 Å². The van der Waals surface area contributed by atoms with Gasteiger partial charge in [-0.05, 0) is 55.5 Å². The minimum atomic E-state index is 0.175. The zero-order valence-electron chi connectivity index (χ0n) is 16.6. The first kappa shape index (κ1) is 19.6. The second-order valence-electron chi connectivity index (χ2n) is 7.13. The minimum absolute atomic E-state index is 0.175. The van der Waals surface area contributed by atoms with E-state index in [1.54, 1.807) is 12.4 Å². The van der Waals surface area contributed by atoms with Crippen LogP contribution in [0.1, 0.15) is 31.7 Å². The van der Waals surface area contributed by atoms with Crippen LogP contribution in [0, 0.1) is 0 Å². The number of hydrogen-bond acceptors (Lipinski definition) is 5. The highest BCUT2D eigenvalue weighted by Crippen LogP contribution is 2.28. The molecule has 1 amide bonds. The number of piperidine rings is 1. The van der Waals surface area contributed by atoms with Gasteiger partial charge < -0.3 is 4.90 Å². The minimum Gasteiger partial charge on any atom is -0.342 e. The van der Waals surface area contributed by atoms with Crippen LogP contribution in [0.25, 0.3) is 17.1 Å². The molecule has 1 aliphatic rings. The summed E-state index contributed by atoms with van der Waals surface area (Å²) < 4.78 is 2.02. The van der Waals surface area contributed by atoms with Crippen molar-refractivity contribution in [2.75, 3.05) is 18.8 Å². The molecule has 0 atom stereocenters. The molecule has 3 heterocycles. The first-order valence-corrected chi connectivity index (χ1v) is 11.1. The van der Waals surface area contributed by atoms with Crippen LogP contribution >= 0.6 is 11.8 Å². The van der Waals surface area contributed by atoms with Crippen molar-refractivity contribution in [1.82, 2.24) is 24.6 Å². The van der Waals surface area contributed by atoms with E-state index in [9.17, 15) is 4.79 Å². The molecule has 1 fully saturated rings. The second kappa shape index (κ2) is 9.22. The summed E-state index contributed by atoms with van der Waals surface area (Å²) in [4.78, 5) is 18.8. The topological polar surface area (TPSA) is 63.9 Å². The molecule has 150 valence electrons. The maximum Gasteiger partial charge on any atom is 0.233 e. The number of nitrogens with zero attached hydrogens (tertiary/aromatic N) is 5. The first-order chi connectivity index (χ1) is 14.3. The third-order valence-electron chi connectivity index (χ3n) is 5.19. The Bertz CT molecular complexity index is 949. The molecule has 7 heteroatoms. The summed E-state index contributed by atoms with van der Waals surface area (Å²) in [7, 11) is 0. The van der Waals surface area contributed by atoms with Gasteiger partial charge in [0, 0.05) is 36.7 Å². The van der Waals surface area contributed by atoms with E-state index in [0.29, 0.717) is 5.75 Å². The van der Waals surface area contributed by atoms with Crippen molar-refractivity contribution >= 4 is 17.7 Å². The van der Waals surface area contributed by atoms with Gasteiger partial charge in [0.05, 0.1) is 5.75 Å². The Kier molecular flexibility index (Phi) is 6.24. The van der Waals surface area contributed by atoms with Gasteiger partial charge in [0.1, 0.15) is 0 Å². The lowest BCUT2D eigenvalue weighted by Gasteiger charge is -2.26. The number of aromatic nitrogens is 4. The van der Waals surface area contributed by atoms with Crippen molar-refractivity contribution in [2.45, 2.75) is 37.8 Å². The van der Waals surface area contributed by atoms with Crippen molar-refractivity contribution < 1.29 is 4.79 Å². The molecule has 0 bridgehead atoms. The van der Waals surface area contributed by atoms with Crippen LogP contribution in [0.2, 0.25) is 0 Å². The lowest BCUT2D eigenvalue weighted by molar-refractivity contribution is -0.129. The largest absolute Gasteiger partial charge is 0.342 e. The number of pyridine rings is 1. The molecule has 4 rings (SSSR count). The fourth-order valence-corrected chi connectivity index (χ4v) is 4.37. The van der Waals surface area contributed by atoms with E-state index in [0.717, 1.165) is 54.6 Å². The molecule has 0 unspecified atom stereocenters. The average Bonchev–Trinajstić information content (AvgIpc) is 3.22. The van der Waals surface area contributed by atoms with Crippen LogP contribution < -0.4 is 0 Å². The first-order valence-electron chi connectivity index (χ1n) is 10.1. The van der Waals surface area contributed by atoms with Crippen LogP contribution in [0.5, 0.6) is 0 Å². The number of amides is 1. The Morgan fingerprint density at radius 3 is 2.55 bits per heavy atom. The molecular weight excluding hydrogens is 382 g/mol. The fraction of sp³-hybridized carbons (Fsp3) is 0.364. The maximum atomic E-state index is 12.6. The molecule has 1 aromatic carbocycles. The summed E-state index contributed by atoms with van der Waals surface area (Å²) >= 11 is 1.45. The molecule has 0 spiro atoms. The summed E-state index contributed by atoms with van der Waals surface area (Å²) in [6, 6.07) is 12.3. The summed E-state index contributed by atoms with van der Waals surface area (Å²) in [6.07, 6.45) is 7.93. The number of likely N-dealkylation sites (tertiary alicyclic amines) is 1. The third kappa shape index (κ3) is 4.50. The van der Waals surface area contributed by atoms with Gasteiger partial charge in [-0.3, -0.25) is 14.3 Å². The molecule has 29 heavy (non-hydrogen) atoms. The molecule has 2 aromatic heterocycles. The van der Waals surface area contributed by atoms with Crippen molar-refractivity contribution in [1.29, 1.82) is 0 Å². The second-order valence-corrected chi connectivity index (χ2v) is 8.08. The molecule has 0 aliphatic carbocycles.